The fourth-order valence-corrected chi connectivity index (χ4v) is 9.18. The minimum absolute atomic E-state index is 0.0695. The van der Waals surface area contributed by atoms with Crippen LogP contribution in [0.4, 0.5) is 0 Å². The molecule has 142 valence electrons. The Balaban J connectivity index is 2.71. The van der Waals surface area contributed by atoms with E-state index in [0.717, 1.165) is 0 Å². The Labute approximate surface area is 153 Å². The summed E-state index contributed by atoms with van der Waals surface area (Å²) < 4.78 is 16.7. The lowest BCUT2D eigenvalue weighted by molar-refractivity contribution is -0.145. The second kappa shape index (κ2) is 9.54. The van der Waals surface area contributed by atoms with E-state index in [2.05, 4.69) is 41.5 Å². The largest absolute Gasteiger partial charge is 0.628 e. The molecule has 0 aromatic heterocycles. The molecule has 0 saturated carbocycles. The summed E-state index contributed by atoms with van der Waals surface area (Å²) in [5.41, 5.74) is 1.48. The zero-order chi connectivity index (χ0) is 19.2. The highest BCUT2D eigenvalue weighted by Gasteiger charge is 2.44. The number of nitrogens with zero attached hydrogens (tertiary/aromatic N) is 1. The van der Waals surface area contributed by atoms with Gasteiger partial charge in [-0.1, -0.05) is 47.6 Å². The maximum atomic E-state index is 11.7. The number of likely N-dealkylation sites (N-methyl/N-ethyl adjacent to an activating group) is 1. The molecule has 6 nitrogen and oxygen atoms in total. The molecule has 8 heteroatoms. The second-order valence-corrected chi connectivity index (χ2v) is 13.0. The summed E-state index contributed by atoms with van der Waals surface area (Å²) in [7, 11) is -1.26. The van der Waals surface area contributed by atoms with Gasteiger partial charge in [0, 0.05) is 0 Å². The third-order valence-electron chi connectivity index (χ3n) is 4.72. The van der Waals surface area contributed by atoms with E-state index in [0.29, 0.717) is 23.2 Å². The van der Waals surface area contributed by atoms with Gasteiger partial charge in [0.2, 0.25) is 8.32 Å². The zero-order valence-corrected chi connectivity index (χ0v) is 17.6. The number of rotatable bonds is 7. The van der Waals surface area contributed by atoms with E-state index in [1.54, 1.807) is 24.0 Å². The van der Waals surface area contributed by atoms with Crippen LogP contribution in [-0.2, 0) is 23.3 Å². The summed E-state index contributed by atoms with van der Waals surface area (Å²) in [4.78, 5) is 25.0. The molecule has 0 bridgehead atoms. The highest BCUT2D eigenvalue weighted by molar-refractivity contribution is 6.77. The Morgan fingerprint density at radius 1 is 1.04 bits per heavy atom. The molecule has 0 radical (unpaired) electrons. The molecule has 0 aromatic rings. The molecule has 1 aliphatic rings. The van der Waals surface area contributed by atoms with Crippen molar-refractivity contribution in [2.75, 3.05) is 26.7 Å². The first kappa shape index (κ1) is 21.9. The van der Waals surface area contributed by atoms with Crippen LogP contribution in [0.5, 0.6) is 0 Å². The lowest BCUT2D eigenvalue weighted by atomic mass is 9.89. The van der Waals surface area contributed by atoms with E-state index in [-0.39, 0.29) is 13.1 Å². The van der Waals surface area contributed by atoms with Crippen LogP contribution in [0.25, 0.3) is 0 Å². The molecule has 0 amide bonds. The monoisotopic (exact) mass is 369 g/mol. The molecule has 1 fully saturated rings. The summed E-state index contributed by atoms with van der Waals surface area (Å²) in [6, 6.07) is 0. The predicted molar refractivity (Wildman–Crippen MR) is 102 cm³/mol. The van der Waals surface area contributed by atoms with Crippen molar-refractivity contribution in [1.29, 1.82) is 0 Å². The Hall–Kier alpha value is -1.12. The van der Waals surface area contributed by atoms with Crippen LogP contribution in [0.3, 0.4) is 0 Å². The topological polar surface area (TPSA) is 65.1 Å². The predicted octanol–water partition coefficient (Wildman–Crippen LogP) is 2.79. The lowest BCUT2D eigenvalue weighted by Crippen LogP contribution is -2.47. The van der Waals surface area contributed by atoms with Crippen LogP contribution in [0.2, 0.25) is 16.6 Å². The second-order valence-electron chi connectivity index (χ2n) is 7.58. The quantitative estimate of drug-likeness (QED) is 0.643. The lowest BCUT2D eigenvalue weighted by Gasteiger charge is -2.41. The smallest absolute Gasteiger partial charge is 0.495 e. The van der Waals surface area contributed by atoms with E-state index >= 15 is 0 Å². The van der Waals surface area contributed by atoms with Crippen LogP contribution in [-0.4, -0.2) is 59.0 Å². The van der Waals surface area contributed by atoms with Gasteiger partial charge in [-0.2, -0.15) is 0 Å². The molecule has 0 unspecified atom stereocenters. The molecule has 0 aliphatic carbocycles. The van der Waals surface area contributed by atoms with Gasteiger partial charge in [0.25, 0.3) is 0 Å². The molecular formula is C17H32BNO5Si. The van der Waals surface area contributed by atoms with E-state index < -0.39 is 27.4 Å². The van der Waals surface area contributed by atoms with Crippen molar-refractivity contribution in [3.63, 3.8) is 0 Å². The van der Waals surface area contributed by atoms with Gasteiger partial charge in [-0.25, -0.2) is 0 Å². The van der Waals surface area contributed by atoms with Crippen molar-refractivity contribution < 1.29 is 23.3 Å². The van der Waals surface area contributed by atoms with Gasteiger partial charge in [0.15, 0.2) is 0 Å². The van der Waals surface area contributed by atoms with Crippen molar-refractivity contribution in [1.82, 2.24) is 4.90 Å². The average Bonchev–Trinajstić information content (AvgIpc) is 2.43. The molecule has 0 spiro atoms. The Morgan fingerprint density at radius 2 is 1.48 bits per heavy atom. The van der Waals surface area contributed by atoms with Gasteiger partial charge in [0.1, 0.15) is 0 Å². The van der Waals surface area contributed by atoms with Gasteiger partial charge in [-0.15, -0.1) is 0 Å². The van der Waals surface area contributed by atoms with Crippen molar-refractivity contribution >= 4 is 27.4 Å². The van der Waals surface area contributed by atoms with Crippen LogP contribution in [0.1, 0.15) is 41.5 Å². The van der Waals surface area contributed by atoms with E-state index in [4.69, 9.17) is 13.7 Å². The molecule has 1 aliphatic heterocycles. The van der Waals surface area contributed by atoms with Crippen LogP contribution >= 0.6 is 0 Å². The van der Waals surface area contributed by atoms with E-state index in [1.165, 1.54) is 0 Å². The molecular weight excluding hydrogens is 337 g/mol. The Bertz CT molecular complexity index is 454. The zero-order valence-electron chi connectivity index (χ0n) is 16.6. The van der Waals surface area contributed by atoms with Gasteiger partial charge in [0.05, 0.1) is 19.7 Å². The van der Waals surface area contributed by atoms with Crippen molar-refractivity contribution in [3.05, 3.63) is 12.1 Å². The minimum Gasteiger partial charge on any atom is -0.495 e. The summed E-state index contributed by atoms with van der Waals surface area (Å²) in [5.74, 6) is 0.753. The number of hydrogen-bond donors (Lipinski definition) is 0. The maximum Gasteiger partial charge on any atom is 0.628 e. The van der Waals surface area contributed by atoms with E-state index in [1.807, 2.05) is 0 Å². The van der Waals surface area contributed by atoms with Crippen LogP contribution in [0.15, 0.2) is 12.1 Å². The van der Waals surface area contributed by atoms with Gasteiger partial charge < -0.3 is 13.7 Å². The first-order valence-corrected chi connectivity index (χ1v) is 11.1. The summed E-state index contributed by atoms with van der Waals surface area (Å²) in [5, 5.41) is 0. The molecule has 25 heavy (non-hydrogen) atoms. The number of carbonyl (C=O) groups is 2. The Morgan fingerprint density at radius 3 is 1.88 bits per heavy atom. The van der Waals surface area contributed by atoms with Crippen molar-refractivity contribution in [2.45, 2.75) is 58.2 Å². The molecule has 0 aromatic carbocycles. The van der Waals surface area contributed by atoms with Crippen molar-refractivity contribution in [2.24, 2.45) is 0 Å². The molecule has 0 atom stereocenters. The fourth-order valence-electron chi connectivity index (χ4n) is 3.79. The SMILES string of the molecule is CC(C)[Si](OC/C=C/B1OC(=O)CN(C)CC(=O)O1)(C(C)C)C(C)C. The summed E-state index contributed by atoms with van der Waals surface area (Å²) in [6.45, 7) is 13.9. The average molecular weight is 369 g/mol. The number of carbonyl (C=O) groups excluding carboxylic acids is 2. The van der Waals surface area contributed by atoms with Gasteiger partial charge >= 0.3 is 19.1 Å². The molecule has 1 rings (SSSR count). The molecule has 0 N–H and O–H groups in total. The third kappa shape index (κ3) is 5.97. The Kier molecular flexibility index (Phi) is 8.37. The molecule has 1 heterocycles. The maximum absolute atomic E-state index is 11.7. The molecule has 1 saturated heterocycles. The fraction of sp³-hybridized carbons (Fsp3) is 0.765. The summed E-state index contributed by atoms with van der Waals surface area (Å²) >= 11 is 0. The summed E-state index contributed by atoms with van der Waals surface area (Å²) in [6.07, 6.45) is 1.78. The first-order valence-electron chi connectivity index (χ1n) is 8.97. The van der Waals surface area contributed by atoms with Gasteiger partial charge in [-0.05, 0) is 29.6 Å². The normalized spacial score (nSPS) is 18.1. The number of hydrogen-bond acceptors (Lipinski definition) is 6. The van der Waals surface area contributed by atoms with Crippen molar-refractivity contribution in [3.8, 4) is 0 Å². The van der Waals surface area contributed by atoms with Gasteiger partial charge in [-0.3, -0.25) is 14.5 Å². The van der Waals surface area contributed by atoms with Crippen LogP contribution in [0, 0.1) is 0 Å². The highest BCUT2D eigenvalue weighted by atomic mass is 28.4. The highest BCUT2D eigenvalue weighted by Crippen LogP contribution is 2.42. The minimum atomic E-state index is -1.94. The third-order valence-corrected chi connectivity index (χ3v) is 10.8. The first-order chi connectivity index (χ1) is 11.6. The van der Waals surface area contributed by atoms with E-state index in [9.17, 15) is 9.59 Å². The standard InChI is InChI=1S/C17H32BNO5Si/c1-13(2)25(14(3)4,15(5)6)22-10-8-9-18-23-16(20)11-19(7)12-17(21)24-18/h8-9,13-15H,10-12H2,1-7H3/b9-8+. The van der Waals surface area contributed by atoms with Crippen LogP contribution < -0.4 is 0 Å².